The molecule has 70 valence electrons. The van der Waals surface area contributed by atoms with Gasteiger partial charge in [0, 0.05) is 12.2 Å². The minimum atomic E-state index is 0.378. The van der Waals surface area contributed by atoms with E-state index in [-0.39, 0.29) is 0 Å². The van der Waals surface area contributed by atoms with Gasteiger partial charge >= 0.3 is 0 Å². The van der Waals surface area contributed by atoms with Crippen LogP contribution in [0.15, 0.2) is 12.3 Å². The van der Waals surface area contributed by atoms with Gasteiger partial charge in [0.1, 0.15) is 5.15 Å². The number of pyridine rings is 1. The molecule has 2 rings (SSSR count). The van der Waals surface area contributed by atoms with Crippen LogP contribution in [0.5, 0.6) is 0 Å². The van der Waals surface area contributed by atoms with E-state index in [0.29, 0.717) is 16.2 Å². The first-order valence-electron chi connectivity index (χ1n) is 4.31. The van der Waals surface area contributed by atoms with Crippen LogP contribution in [0.4, 0.5) is 0 Å². The molecule has 0 aliphatic carbocycles. The second kappa shape index (κ2) is 3.82. The lowest BCUT2D eigenvalue weighted by atomic mass is 10.1. The van der Waals surface area contributed by atoms with Crippen molar-refractivity contribution in [3.8, 4) is 0 Å². The Kier molecular flexibility index (Phi) is 2.72. The molecule has 1 fully saturated rings. The van der Waals surface area contributed by atoms with Gasteiger partial charge in [0.15, 0.2) is 0 Å². The van der Waals surface area contributed by atoms with Crippen LogP contribution in [0.3, 0.4) is 0 Å². The Bertz CT molecular complexity index is 308. The first kappa shape index (κ1) is 9.25. The summed E-state index contributed by atoms with van der Waals surface area (Å²) in [5, 5.41) is 4.29. The number of nitrogens with one attached hydrogen (secondary N) is 1. The Morgan fingerprint density at radius 2 is 2.31 bits per heavy atom. The van der Waals surface area contributed by atoms with Gasteiger partial charge in [0.25, 0.3) is 0 Å². The molecule has 0 saturated carbocycles. The standard InChI is InChI=1S/C9H10Cl2N2/c10-7-4-6(5-13-9(7)11)8-2-1-3-12-8/h4-5,8,12H,1-3H2/t8-/m0/s1. The Hall–Kier alpha value is -0.310. The van der Waals surface area contributed by atoms with E-state index in [2.05, 4.69) is 10.3 Å². The highest BCUT2D eigenvalue weighted by atomic mass is 35.5. The van der Waals surface area contributed by atoms with E-state index in [0.717, 1.165) is 18.5 Å². The largest absolute Gasteiger partial charge is 0.310 e. The highest BCUT2D eigenvalue weighted by Crippen LogP contribution is 2.27. The fourth-order valence-corrected chi connectivity index (χ4v) is 1.87. The fourth-order valence-electron chi connectivity index (χ4n) is 1.60. The smallest absolute Gasteiger partial charge is 0.147 e. The molecule has 1 aliphatic rings. The van der Waals surface area contributed by atoms with Crippen LogP contribution in [-0.2, 0) is 0 Å². The third kappa shape index (κ3) is 1.96. The van der Waals surface area contributed by atoms with Crippen LogP contribution in [0, 0.1) is 0 Å². The summed E-state index contributed by atoms with van der Waals surface area (Å²) in [6.45, 7) is 1.07. The lowest BCUT2D eigenvalue weighted by Gasteiger charge is -2.10. The second-order valence-electron chi connectivity index (χ2n) is 3.19. The Balaban J connectivity index is 2.25. The molecule has 1 saturated heterocycles. The summed E-state index contributed by atoms with van der Waals surface area (Å²) in [6, 6.07) is 2.29. The molecule has 0 bridgehead atoms. The third-order valence-electron chi connectivity index (χ3n) is 2.28. The van der Waals surface area contributed by atoms with Crippen molar-refractivity contribution in [2.24, 2.45) is 0 Å². The molecule has 13 heavy (non-hydrogen) atoms. The molecule has 0 amide bonds. The molecule has 1 aromatic rings. The number of aromatic nitrogens is 1. The summed E-state index contributed by atoms with van der Waals surface area (Å²) in [4.78, 5) is 4.02. The van der Waals surface area contributed by atoms with Gasteiger partial charge in [-0.3, -0.25) is 0 Å². The topological polar surface area (TPSA) is 24.9 Å². The number of hydrogen-bond donors (Lipinski definition) is 1. The van der Waals surface area contributed by atoms with Crippen LogP contribution < -0.4 is 5.32 Å². The van der Waals surface area contributed by atoms with Crippen LogP contribution >= 0.6 is 23.2 Å². The zero-order chi connectivity index (χ0) is 9.26. The fraction of sp³-hybridized carbons (Fsp3) is 0.444. The summed E-state index contributed by atoms with van der Waals surface area (Å²) in [6.07, 6.45) is 4.15. The van der Waals surface area contributed by atoms with Crippen molar-refractivity contribution in [2.45, 2.75) is 18.9 Å². The average Bonchev–Trinajstić information content (AvgIpc) is 2.62. The van der Waals surface area contributed by atoms with Crippen LogP contribution in [0.2, 0.25) is 10.2 Å². The number of halogens is 2. The first-order valence-corrected chi connectivity index (χ1v) is 5.07. The van der Waals surface area contributed by atoms with Crippen LogP contribution in [-0.4, -0.2) is 11.5 Å². The highest BCUT2D eigenvalue weighted by Gasteiger charge is 2.17. The normalized spacial score (nSPS) is 22.2. The molecule has 0 spiro atoms. The van der Waals surface area contributed by atoms with E-state index >= 15 is 0 Å². The highest BCUT2D eigenvalue weighted by molar-refractivity contribution is 6.41. The zero-order valence-electron chi connectivity index (χ0n) is 7.06. The van der Waals surface area contributed by atoms with E-state index < -0.39 is 0 Å². The number of nitrogens with zero attached hydrogens (tertiary/aromatic N) is 1. The summed E-state index contributed by atoms with van der Waals surface area (Å²) in [5.41, 5.74) is 1.13. The monoisotopic (exact) mass is 216 g/mol. The van der Waals surface area contributed by atoms with Crippen molar-refractivity contribution in [2.75, 3.05) is 6.54 Å². The van der Waals surface area contributed by atoms with Gasteiger partial charge in [0.2, 0.25) is 0 Å². The lowest BCUT2D eigenvalue weighted by Crippen LogP contribution is -2.12. The molecule has 2 heterocycles. The first-order chi connectivity index (χ1) is 6.27. The molecular formula is C9H10Cl2N2. The molecule has 0 aromatic carbocycles. The molecule has 1 aromatic heterocycles. The minimum absolute atomic E-state index is 0.378. The van der Waals surface area contributed by atoms with Crippen molar-refractivity contribution in [3.63, 3.8) is 0 Å². The van der Waals surface area contributed by atoms with Gasteiger partial charge in [0.05, 0.1) is 5.02 Å². The molecule has 0 unspecified atom stereocenters. The quantitative estimate of drug-likeness (QED) is 0.731. The molecule has 1 aliphatic heterocycles. The SMILES string of the molecule is Clc1cc([C@@H]2CCCN2)cnc1Cl. The minimum Gasteiger partial charge on any atom is -0.310 e. The lowest BCUT2D eigenvalue weighted by molar-refractivity contribution is 0.645. The van der Waals surface area contributed by atoms with Gasteiger partial charge in [-0.05, 0) is 31.0 Å². The van der Waals surface area contributed by atoms with Crippen LogP contribution in [0.1, 0.15) is 24.4 Å². The summed E-state index contributed by atoms with van der Waals surface area (Å²) in [5.74, 6) is 0. The van der Waals surface area contributed by atoms with Crippen molar-refractivity contribution in [1.29, 1.82) is 0 Å². The number of hydrogen-bond acceptors (Lipinski definition) is 2. The predicted molar refractivity (Wildman–Crippen MR) is 54.2 cm³/mol. The third-order valence-corrected chi connectivity index (χ3v) is 2.97. The van der Waals surface area contributed by atoms with E-state index in [1.165, 1.54) is 6.42 Å². The summed E-state index contributed by atoms with van der Waals surface area (Å²) < 4.78 is 0. The molecule has 1 atom stereocenters. The van der Waals surface area contributed by atoms with Crippen molar-refractivity contribution in [1.82, 2.24) is 10.3 Å². The maximum absolute atomic E-state index is 5.87. The maximum Gasteiger partial charge on any atom is 0.147 e. The molecule has 0 radical (unpaired) electrons. The molecular weight excluding hydrogens is 207 g/mol. The average molecular weight is 217 g/mol. The second-order valence-corrected chi connectivity index (χ2v) is 3.96. The van der Waals surface area contributed by atoms with Gasteiger partial charge in [-0.15, -0.1) is 0 Å². The Morgan fingerprint density at radius 1 is 1.46 bits per heavy atom. The van der Waals surface area contributed by atoms with Crippen molar-refractivity contribution in [3.05, 3.63) is 28.0 Å². The van der Waals surface area contributed by atoms with E-state index in [9.17, 15) is 0 Å². The summed E-state index contributed by atoms with van der Waals surface area (Å²) >= 11 is 11.6. The van der Waals surface area contributed by atoms with Gasteiger partial charge < -0.3 is 5.32 Å². The molecule has 4 heteroatoms. The number of rotatable bonds is 1. The summed E-state index contributed by atoms with van der Waals surface area (Å²) in [7, 11) is 0. The van der Waals surface area contributed by atoms with Gasteiger partial charge in [-0.1, -0.05) is 23.2 Å². The van der Waals surface area contributed by atoms with E-state index in [1.807, 2.05) is 6.07 Å². The predicted octanol–water partition coefficient (Wildman–Crippen LogP) is 2.81. The molecule has 1 N–H and O–H groups in total. The Labute approximate surface area is 87.3 Å². The van der Waals surface area contributed by atoms with Crippen molar-refractivity contribution >= 4 is 23.2 Å². The van der Waals surface area contributed by atoms with Crippen LogP contribution in [0.25, 0.3) is 0 Å². The zero-order valence-corrected chi connectivity index (χ0v) is 8.57. The van der Waals surface area contributed by atoms with E-state index in [1.54, 1.807) is 6.20 Å². The van der Waals surface area contributed by atoms with E-state index in [4.69, 9.17) is 23.2 Å². The molecule has 2 nitrogen and oxygen atoms in total. The van der Waals surface area contributed by atoms with Crippen molar-refractivity contribution < 1.29 is 0 Å². The van der Waals surface area contributed by atoms with Gasteiger partial charge in [-0.2, -0.15) is 0 Å². The maximum atomic E-state index is 5.87. The van der Waals surface area contributed by atoms with Gasteiger partial charge in [-0.25, -0.2) is 4.98 Å². The Morgan fingerprint density at radius 3 is 2.92 bits per heavy atom.